The Kier molecular flexibility index (Phi) is 5.36. The van der Waals surface area contributed by atoms with Crippen molar-refractivity contribution >= 4 is 0 Å². The van der Waals surface area contributed by atoms with Crippen molar-refractivity contribution in [2.45, 2.75) is 76.4 Å². The van der Waals surface area contributed by atoms with Crippen LogP contribution >= 0.6 is 0 Å². The molecule has 2 heterocycles. The first-order chi connectivity index (χ1) is 9.84. The molecule has 1 saturated carbocycles. The minimum absolute atomic E-state index is 0.719. The van der Waals surface area contributed by atoms with Gasteiger partial charge in [0.25, 0.3) is 0 Å². The molecule has 0 spiro atoms. The van der Waals surface area contributed by atoms with Crippen LogP contribution in [0.5, 0.6) is 0 Å². The van der Waals surface area contributed by atoms with Crippen molar-refractivity contribution < 1.29 is 0 Å². The second-order valence-electron chi connectivity index (χ2n) is 7.26. The fraction of sp³-hybridized carbons (Fsp3) is 1.00. The maximum absolute atomic E-state index is 3.94. The molecule has 1 aliphatic carbocycles. The highest BCUT2D eigenvalue weighted by Gasteiger charge is 2.33. The van der Waals surface area contributed by atoms with E-state index in [1.807, 2.05) is 0 Å². The molecule has 4 unspecified atom stereocenters. The van der Waals surface area contributed by atoms with Crippen LogP contribution in [-0.2, 0) is 0 Å². The van der Waals surface area contributed by atoms with E-state index >= 15 is 0 Å². The zero-order valence-electron chi connectivity index (χ0n) is 13.2. The monoisotopic (exact) mass is 279 g/mol. The first-order valence-corrected chi connectivity index (χ1v) is 9.05. The highest BCUT2D eigenvalue weighted by atomic mass is 15.2. The highest BCUT2D eigenvalue weighted by Crippen LogP contribution is 2.30. The molecule has 4 atom stereocenters. The van der Waals surface area contributed by atoms with Gasteiger partial charge in [-0.2, -0.15) is 0 Å². The summed E-state index contributed by atoms with van der Waals surface area (Å²) in [6.45, 7) is 7.48. The number of rotatable bonds is 5. The largest absolute Gasteiger partial charge is 0.314 e. The summed E-state index contributed by atoms with van der Waals surface area (Å²) in [5.74, 6) is 0.886. The summed E-state index contributed by atoms with van der Waals surface area (Å²) in [6, 6.07) is 2.29. The summed E-state index contributed by atoms with van der Waals surface area (Å²) in [4.78, 5) is 2.67. The van der Waals surface area contributed by atoms with Gasteiger partial charge >= 0.3 is 0 Å². The SMILES string of the molecule is CC(CNC1CCCCC1C1CCCN1)N1CCCC1. The summed E-state index contributed by atoms with van der Waals surface area (Å²) >= 11 is 0. The number of hydrogen-bond acceptors (Lipinski definition) is 3. The van der Waals surface area contributed by atoms with E-state index in [2.05, 4.69) is 22.5 Å². The Morgan fingerprint density at radius 1 is 1.05 bits per heavy atom. The minimum Gasteiger partial charge on any atom is -0.314 e. The molecule has 116 valence electrons. The Morgan fingerprint density at radius 2 is 1.85 bits per heavy atom. The Labute approximate surface area is 124 Å². The first-order valence-electron chi connectivity index (χ1n) is 9.05. The second kappa shape index (κ2) is 7.24. The van der Waals surface area contributed by atoms with Gasteiger partial charge in [-0.25, -0.2) is 0 Å². The smallest absolute Gasteiger partial charge is 0.0192 e. The molecule has 3 heteroatoms. The minimum atomic E-state index is 0.719. The topological polar surface area (TPSA) is 27.3 Å². The van der Waals surface area contributed by atoms with Crippen LogP contribution in [-0.4, -0.2) is 49.2 Å². The third-order valence-electron chi connectivity index (χ3n) is 5.87. The van der Waals surface area contributed by atoms with Crippen molar-refractivity contribution in [3.8, 4) is 0 Å². The lowest BCUT2D eigenvalue weighted by atomic mass is 9.79. The summed E-state index contributed by atoms with van der Waals surface area (Å²) < 4.78 is 0. The number of nitrogens with zero attached hydrogens (tertiary/aromatic N) is 1. The van der Waals surface area contributed by atoms with Gasteiger partial charge in [0, 0.05) is 24.7 Å². The lowest BCUT2D eigenvalue weighted by Crippen LogP contribution is -2.50. The normalized spacial score (nSPS) is 37.4. The second-order valence-corrected chi connectivity index (χ2v) is 7.26. The third-order valence-corrected chi connectivity index (χ3v) is 5.87. The summed E-state index contributed by atoms with van der Waals surface area (Å²) in [6.07, 6.45) is 11.3. The predicted molar refractivity (Wildman–Crippen MR) is 85.0 cm³/mol. The number of hydrogen-bond donors (Lipinski definition) is 2. The van der Waals surface area contributed by atoms with E-state index in [0.29, 0.717) is 0 Å². The average molecular weight is 279 g/mol. The highest BCUT2D eigenvalue weighted by molar-refractivity contribution is 4.92. The van der Waals surface area contributed by atoms with Crippen LogP contribution in [0.4, 0.5) is 0 Å². The molecule has 20 heavy (non-hydrogen) atoms. The molecule has 0 aromatic rings. The van der Waals surface area contributed by atoms with Gasteiger partial charge in [0.05, 0.1) is 0 Å². The molecule has 0 bridgehead atoms. The van der Waals surface area contributed by atoms with Crippen LogP contribution in [0.25, 0.3) is 0 Å². The quantitative estimate of drug-likeness (QED) is 0.809. The van der Waals surface area contributed by atoms with Crippen molar-refractivity contribution in [3.63, 3.8) is 0 Å². The van der Waals surface area contributed by atoms with E-state index < -0.39 is 0 Å². The van der Waals surface area contributed by atoms with E-state index in [9.17, 15) is 0 Å². The molecular formula is C17H33N3. The lowest BCUT2D eigenvalue weighted by Gasteiger charge is -2.37. The van der Waals surface area contributed by atoms with E-state index in [0.717, 1.165) is 24.0 Å². The van der Waals surface area contributed by atoms with Crippen LogP contribution < -0.4 is 10.6 Å². The Hall–Kier alpha value is -0.120. The molecule has 0 aromatic heterocycles. The average Bonchev–Trinajstić information content (AvgIpc) is 3.17. The molecule has 3 aliphatic rings. The van der Waals surface area contributed by atoms with Crippen LogP contribution in [0.15, 0.2) is 0 Å². The maximum atomic E-state index is 3.94. The van der Waals surface area contributed by atoms with Crippen LogP contribution in [0.2, 0.25) is 0 Å². The Balaban J connectivity index is 1.48. The molecule has 2 saturated heterocycles. The van der Waals surface area contributed by atoms with Crippen molar-refractivity contribution in [2.24, 2.45) is 5.92 Å². The van der Waals surface area contributed by atoms with Crippen molar-refractivity contribution in [3.05, 3.63) is 0 Å². The summed E-state index contributed by atoms with van der Waals surface area (Å²) in [5, 5.41) is 7.69. The van der Waals surface area contributed by atoms with Gasteiger partial charge < -0.3 is 10.6 Å². The zero-order valence-corrected chi connectivity index (χ0v) is 13.2. The Morgan fingerprint density at radius 3 is 2.60 bits per heavy atom. The molecule has 0 aromatic carbocycles. The van der Waals surface area contributed by atoms with Crippen molar-refractivity contribution in [1.29, 1.82) is 0 Å². The third kappa shape index (κ3) is 3.55. The molecule has 2 aliphatic heterocycles. The van der Waals surface area contributed by atoms with Gasteiger partial charge in [0.2, 0.25) is 0 Å². The fourth-order valence-electron chi connectivity index (χ4n) is 4.60. The fourth-order valence-corrected chi connectivity index (χ4v) is 4.60. The standard InChI is InChI=1S/C17H33N3/c1-14(20-11-4-5-12-20)13-19-17-8-3-2-7-15(17)16-9-6-10-18-16/h14-19H,2-13H2,1H3. The van der Waals surface area contributed by atoms with E-state index in [-0.39, 0.29) is 0 Å². The predicted octanol–water partition coefficient (Wildman–Crippen LogP) is 2.37. The lowest BCUT2D eigenvalue weighted by molar-refractivity contribution is 0.189. The van der Waals surface area contributed by atoms with Gasteiger partial charge in [-0.1, -0.05) is 12.8 Å². The summed E-state index contributed by atoms with van der Waals surface area (Å²) in [7, 11) is 0. The molecule has 2 N–H and O–H groups in total. The number of likely N-dealkylation sites (tertiary alicyclic amines) is 1. The van der Waals surface area contributed by atoms with E-state index in [1.54, 1.807) is 0 Å². The summed E-state index contributed by atoms with van der Waals surface area (Å²) in [5.41, 5.74) is 0. The van der Waals surface area contributed by atoms with Gasteiger partial charge in [-0.15, -0.1) is 0 Å². The molecular weight excluding hydrogens is 246 g/mol. The molecule has 3 rings (SSSR count). The van der Waals surface area contributed by atoms with Crippen molar-refractivity contribution in [2.75, 3.05) is 26.2 Å². The maximum Gasteiger partial charge on any atom is 0.0192 e. The molecule has 3 fully saturated rings. The molecule has 0 amide bonds. The van der Waals surface area contributed by atoms with E-state index in [4.69, 9.17) is 0 Å². The number of nitrogens with one attached hydrogen (secondary N) is 2. The van der Waals surface area contributed by atoms with Gasteiger partial charge in [-0.05, 0) is 71.0 Å². The van der Waals surface area contributed by atoms with Crippen LogP contribution in [0.1, 0.15) is 58.3 Å². The molecule has 3 nitrogen and oxygen atoms in total. The zero-order chi connectivity index (χ0) is 13.8. The van der Waals surface area contributed by atoms with Gasteiger partial charge in [0.15, 0.2) is 0 Å². The van der Waals surface area contributed by atoms with Crippen LogP contribution in [0, 0.1) is 5.92 Å². The Bertz CT molecular complexity index is 282. The van der Waals surface area contributed by atoms with Gasteiger partial charge in [-0.3, -0.25) is 4.90 Å². The van der Waals surface area contributed by atoms with E-state index in [1.165, 1.54) is 77.5 Å². The van der Waals surface area contributed by atoms with Crippen molar-refractivity contribution in [1.82, 2.24) is 15.5 Å². The molecule has 0 radical (unpaired) electrons. The first kappa shape index (κ1) is 14.8. The van der Waals surface area contributed by atoms with Crippen LogP contribution in [0.3, 0.4) is 0 Å². The van der Waals surface area contributed by atoms with Gasteiger partial charge in [0.1, 0.15) is 0 Å².